The Labute approximate surface area is 122 Å². The Hall–Kier alpha value is -0.640. The van der Waals surface area contributed by atoms with Crippen LogP contribution in [-0.4, -0.2) is 22.8 Å². The quantitative estimate of drug-likeness (QED) is 0.857. The molecule has 100 valence electrons. The number of rotatable bonds is 4. The van der Waals surface area contributed by atoms with Crippen LogP contribution in [-0.2, 0) is 4.79 Å². The van der Waals surface area contributed by atoms with Crippen LogP contribution in [0.3, 0.4) is 0 Å². The lowest BCUT2D eigenvalue weighted by Crippen LogP contribution is -2.27. The summed E-state index contributed by atoms with van der Waals surface area (Å²) in [6.45, 7) is 6.02. The predicted molar refractivity (Wildman–Crippen MR) is 78.9 cm³/mol. The summed E-state index contributed by atoms with van der Waals surface area (Å²) < 4.78 is -1.95. The largest absolute Gasteiger partial charge is 0.372 e. The van der Waals surface area contributed by atoms with Crippen molar-refractivity contribution in [1.82, 2.24) is 0 Å². The molecule has 0 aromatic heterocycles. The molecule has 0 fully saturated rings. The Kier molecular flexibility index (Phi) is 5.57. The van der Waals surface area contributed by atoms with Crippen LogP contribution in [0.4, 0.5) is 11.4 Å². The average Bonchev–Trinajstić information content (AvgIpc) is 2.31. The number of halogens is 3. The first-order chi connectivity index (χ1) is 8.38. The zero-order valence-electron chi connectivity index (χ0n) is 10.2. The molecule has 0 radical (unpaired) electrons. The van der Waals surface area contributed by atoms with E-state index in [1.165, 1.54) is 0 Å². The predicted octanol–water partition coefficient (Wildman–Crippen LogP) is 3.84. The van der Waals surface area contributed by atoms with Crippen LogP contribution >= 0.6 is 34.8 Å². The first-order valence-corrected chi connectivity index (χ1v) is 6.75. The van der Waals surface area contributed by atoms with Crippen LogP contribution in [0, 0.1) is 0 Å². The molecule has 6 heteroatoms. The van der Waals surface area contributed by atoms with Crippen molar-refractivity contribution in [2.24, 2.45) is 0 Å². The third kappa shape index (κ3) is 4.23. The standard InChI is InChI=1S/C12H15Cl3N2O/c1-3-17(4-2)10-7-5-9(6-8-10)16-11(18)12(13,14)15/h5-8H,3-4H2,1-2H3,(H,16,18). The minimum absolute atomic E-state index is 0.599. The molecule has 3 nitrogen and oxygen atoms in total. The van der Waals surface area contributed by atoms with Gasteiger partial charge in [-0.1, -0.05) is 34.8 Å². The number of nitrogens with one attached hydrogen (secondary N) is 1. The third-order valence-corrected chi connectivity index (χ3v) is 3.03. The van der Waals surface area contributed by atoms with Gasteiger partial charge < -0.3 is 10.2 Å². The van der Waals surface area contributed by atoms with Crippen LogP contribution < -0.4 is 10.2 Å². The van der Waals surface area contributed by atoms with Crippen molar-refractivity contribution in [2.45, 2.75) is 17.6 Å². The monoisotopic (exact) mass is 308 g/mol. The number of hydrogen-bond donors (Lipinski definition) is 1. The summed E-state index contributed by atoms with van der Waals surface area (Å²) in [6, 6.07) is 7.39. The van der Waals surface area contributed by atoms with Gasteiger partial charge in [-0.15, -0.1) is 0 Å². The molecule has 0 saturated carbocycles. The van der Waals surface area contributed by atoms with E-state index in [0.29, 0.717) is 5.69 Å². The van der Waals surface area contributed by atoms with Gasteiger partial charge in [0.15, 0.2) is 0 Å². The molecule has 1 aromatic carbocycles. The molecule has 0 aliphatic heterocycles. The summed E-state index contributed by atoms with van der Waals surface area (Å²) in [4.78, 5) is 13.6. The van der Waals surface area contributed by atoms with Gasteiger partial charge >= 0.3 is 0 Å². The molecule has 1 N–H and O–H groups in total. The average molecular weight is 310 g/mol. The molecule has 0 aliphatic rings. The lowest BCUT2D eigenvalue weighted by molar-refractivity contribution is -0.115. The molecule has 1 amide bonds. The molecule has 0 atom stereocenters. The number of hydrogen-bond acceptors (Lipinski definition) is 2. The van der Waals surface area contributed by atoms with Crippen molar-refractivity contribution in [3.63, 3.8) is 0 Å². The minimum atomic E-state index is -1.95. The fraction of sp³-hybridized carbons (Fsp3) is 0.417. The van der Waals surface area contributed by atoms with Gasteiger partial charge in [0.2, 0.25) is 0 Å². The Morgan fingerprint density at radius 2 is 1.67 bits per heavy atom. The van der Waals surface area contributed by atoms with Gasteiger partial charge in [0.25, 0.3) is 9.70 Å². The summed E-state index contributed by atoms with van der Waals surface area (Å²) >= 11 is 16.4. The van der Waals surface area contributed by atoms with Crippen LogP contribution in [0.25, 0.3) is 0 Å². The van der Waals surface area contributed by atoms with E-state index >= 15 is 0 Å². The van der Waals surface area contributed by atoms with E-state index in [1.54, 1.807) is 12.1 Å². The van der Waals surface area contributed by atoms with Gasteiger partial charge in [-0.2, -0.15) is 0 Å². The molecule has 1 aromatic rings. The minimum Gasteiger partial charge on any atom is -0.372 e. The van der Waals surface area contributed by atoms with Crippen molar-refractivity contribution in [2.75, 3.05) is 23.3 Å². The highest BCUT2D eigenvalue weighted by Gasteiger charge is 2.30. The van der Waals surface area contributed by atoms with Crippen molar-refractivity contribution in [3.8, 4) is 0 Å². The van der Waals surface area contributed by atoms with Crippen molar-refractivity contribution in [3.05, 3.63) is 24.3 Å². The molecule has 18 heavy (non-hydrogen) atoms. The second-order valence-electron chi connectivity index (χ2n) is 3.67. The summed E-state index contributed by atoms with van der Waals surface area (Å²) in [5, 5.41) is 2.53. The van der Waals surface area contributed by atoms with Crippen LogP contribution in [0.2, 0.25) is 0 Å². The normalized spacial score (nSPS) is 11.2. The van der Waals surface area contributed by atoms with E-state index in [9.17, 15) is 4.79 Å². The van der Waals surface area contributed by atoms with E-state index in [-0.39, 0.29) is 0 Å². The molecule has 0 heterocycles. The highest BCUT2D eigenvalue weighted by atomic mass is 35.6. The van der Waals surface area contributed by atoms with E-state index in [0.717, 1.165) is 18.8 Å². The first-order valence-electron chi connectivity index (χ1n) is 5.61. The van der Waals surface area contributed by atoms with E-state index < -0.39 is 9.70 Å². The number of alkyl halides is 3. The summed E-state index contributed by atoms with van der Waals surface area (Å²) in [7, 11) is 0. The van der Waals surface area contributed by atoms with Crippen molar-refractivity contribution in [1.29, 1.82) is 0 Å². The Balaban J connectivity index is 2.75. The topological polar surface area (TPSA) is 32.3 Å². The number of carbonyl (C=O) groups is 1. The summed E-state index contributed by atoms with van der Waals surface area (Å²) in [5.41, 5.74) is 1.69. The molecule has 0 aliphatic carbocycles. The summed E-state index contributed by atoms with van der Waals surface area (Å²) in [6.07, 6.45) is 0. The number of nitrogens with zero attached hydrogens (tertiary/aromatic N) is 1. The van der Waals surface area contributed by atoms with Gasteiger partial charge in [0, 0.05) is 24.5 Å². The lowest BCUT2D eigenvalue weighted by atomic mass is 10.2. The molecular formula is C12H15Cl3N2O. The SMILES string of the molecule is CCN(CC)c1ccc(NC(=O)C(Cl)(Cl)Cl)cc1. The molecule has 1 rings (SSSR count). The van der Waals surface area contributed by atoms with E-state index in [4.69, 9.17) is 34.8 Å². The maximum absolute atomic E-state index is 11.4. The molecule has 0 saturated heterocycles. The highest BCUT2D eigenvalue weighted by molar-refractivity contribution is 6.76. The van der Waals surface area contributed by atoms with Gasteiger partial charge in [0.05, 0.1) is 0 Å². The maximum Gasteiger partial charge on any atom is 0.276 e. The number of anilines is 2. The highest BCUT2D eigenvalue weighted by Crippen LogP contribution is 2.28. The second-order valence-corrected chi connectivity index (χ2v) is 5.95. The van der Waals surface area contributed by atoms with Gasteiger partial charge in [-0.05, 0) is 38.1 Å². The van der Waals surface area contributed by atoms with Crippen molar-refractivity contribution < 1.29 is 4.79 Å². The zero-order chi connectivity index (χ0) is 13.8. The summed E-state index contributed by atoms with van der Waals surface area (Å²) in [5.74, 6) is -0.664. The van der Waals surface area contributed by atoms with Crippen LogP contribution in [0.15, 0.2) is 24.3 Å². The fourth-order valence-corrected chi connectivity index (χ4v) is 1.69. The number of carbonyl (C=O) groups excluding carboxylic acids is 1. The fourth-order valence-electron chi connectivity index (χ4n) is 1.55. The zero-order valence-corrected chi connectivity index (χ0v) is 12.5. The first kappa shape index (κ1) is 15.4. The maximum atomic E-state index is 11.4. The van der Waals surface area contributed by atoms with Gasteiger partial charge in [-0.25, -0.2) is 0 Å². The Morgan fingerprint density at radius 1 is 1.17 bits per heavy atom. The second kappa shape index (κ2) is 6.50. The Bertz CT molecular complexity index is 397. The van der Waals surface area contributed by atoms with E-state index in [2.05, 4.69) is 24.1 Å². The molecule has 0 spiro atoms. The molecule has 0 unspecified atom stereocenters. The van der Waals surface area contributed by atoms with Gasteiger partial charge in [0.1, 0.15) is 0 Å². The number of amides is 1. The van der Waals surface area contributed by atoms with Gasteiger partial charge in [-0.3, -0.25) is 4.79 Å². The van der Waals surface area contributed by atoms with Crippen LogP contribution in [0.5, 0.6) is 0 Å². The molecule has 0 bridgehead atoms. The Morgan fingerprint density at radius 3 is 2.06 bits per heavy atom. The van der Waals surface area contributed by atoms with E-state index in [1.807, 2.05) is 12.1 Å². The smallest absolute Gasteiger partial charge is 0.276 e. The van der Waals surface area contributed by atoms with Crippen molar-refractivity contribution >= 4 is 52.1 Å². The lowest BCUT2D eigenvalue weighted by Gasteiger charge is -2.21. The molecular weight excluding hydrogens is 295 g/mol. The van der Waals surface area contributed by atoms with Crippen LogP contribution in [0.1, 0.15) is 13.8 Å². The third-order valence-electron chi connectivity index (χ3n) is 2.51. The number of benzene rings is 1.